The number of aromatic nitrogens is 3. The monoisotopic (exact) mass is 402 g/mol. The Hall–Kier alpha value is -2.99. The number of aryl methyl sites for hydroxylation is 1. The van der Waals surface area contributed by atoms with Crippen LogP contribution in [-0.4, -0.2) is 31.9 Å². The maximum absolute atomic E-state index is 13.3. The Kier molecular flexibility index (Phi) is 4.64. The number of benzene rings is 1. The van der Waals surface area contributed by atoms with Gasteiger partial charge in [0.1, 0.15) is 10.7 Å². The molecule has 0 saturated carbocycles. The molecule has 4 aromatic rings. The number of fused-ring (bicyclic) bond motifs is 1. The molecule has 1 fully saturated rings. The molecule has 0 radical (unpaired) electrons. The molecule has 1 aliphatic rings. The first-order chi connectivity index (χ1) is 14.2. The van der Waals surface area contributed by atoms with Crippen molar-refractivity contribution < 1.29 is 4.79 Å². The predicted octanol–water partition coefficient (Wildman–Crippen LogP) is 5.06. The van der Waals surface area contributed by atoms with E-state index in [-0.39, 0.29) is 11.9 Å². The van der Waals surface area contributed by atoms with Crippen LogP contribution in [0.25, 0.3) is 21.6 Å². The van der Waals surface area contributed by atoms with Gasteiger partial charge in [0.05, 0.1) is 11.7 Å². The first kappa shape index (κ1) is 18.1. The van der Waals surface area contributed by atoms with Gasteiger partial charge in [0.15, 0.2) is 0 Å². The first-order valence-corrected chi connectivity index (χ1v) is 10.8. The Morgan fingerprint density at radius 2 is 2.07 bits per heavy atom. The molecule has 5 nitrogen and oxygen atoms in total. The van der Waals surface area contributed by atoms with Gasteiger partial charge in [0.2, 0.25) is 0 Å². The Morgan fingerprint density at radius 1 is 1.17 bits per heavy atom. The molecule has 6 heteroatoms. The van der Waals surface area contributed by atoms with Gasteiger partial charge in [-0.05, 0) is 43.0 Å². The van der Waals surface area contributed by atoms with E-state index in [0.717, 1.165) is 42.1 Å². The molecule has 1 atom stereocenters. The van der Waals surface area contributed by atoms with Crippen molar-refractivity contribution in [3.05, 3.63) is 71.5 Å². The average molecular weight is 403 g/mol. The minimum atomic E-state index is 0.0137. The maximum atomic E-state index is 13.3. The molecule has 29 heavy (non-hydrogen) atoms. The molecular weight excluding hydrogens is 380 g/mol. The highest BCUT2D eigenvalue weighted by atomic mass is 32.1. The third kappa shape index (κ3) is 3.23. The van der Waals surface area contributed by atoms with E-state index in [4.69, 9.17) is 4.98 Å². The third-order valence-corrected chi connectivity index (χ3v) is 6.59. The van der Waals surface area contributed by atoms with Crippen molar-refractivity contribution >= 4 is 28.1 Å². The second-order valence-corrected chi connectivity index (χ2v) is 8.34. The van der Waals surface area contributed by atoms with Crippen molar-refractivity contribution in [1.29, 1.82) is 0 Å². The number of carbonyl (C=O) groups excluding carboxylic acids is 1. The van der Waals surface area contributed by atoms with E-state index < -0.39 is 0 Å². The lowest BCUT2D eigenvalue weighted by Crippen LogP contribution is -2.38. The zero-order valence-corrected chi connectivity index (χ0v) is 17.1. The fraction of sp³-hybridized carbons (Fsp3) is 0.261. The number of piperidine rings is 1. The summed E-state index contributed by atoms with van der Waals surface area (Å²) in [6.07, 6.45) is 6.77. The zero-order chi connectivity index (χ0) is 19.8. The van der Waals surface area contributed by atoms with E-state index in [1.807, 2.05) is 41.7 Å². The van der Waals surface area contributed by atoms with Crippen LogP contribution in [0.15, 0.2) is 60.2 Å². The van der Waals surface area contributed by atoms with E-state index in [1.54, 1.807) is 6.20 Å². The van der Waals surface area contributed by atoms with Gasteiger partial charge >= 0.3 is 0 Å². The number of hydrogen-bond donors (Lipinski definition) is 0. The Bertz CT molecular complexity index is 1160. The van der Waals surface area contributed by atoms with E-state index in [9.17, 15) is 4.79 Å². The minimum absolute atomic E-state index is 0.0137. The summed E-state index contributed by atoms with van der Waals surface area (Å²) in [6.45, 7) is 0.763. The molecular formula is C23H22N4OS. The number of amides is 1. The number of likely N-dealkylation sites (tertiary alicyclic amines) is 1. The standard InChI is InChI=1S/C23H22N4OS/c1-26-19-9-3-2-7-16(19)13-21(26)22-25-18(15-29-22)23(28)27-12-5-4-10-20(27)17-8-6-11-24-14-17/h2-3,6-9,11,13-15,20H,4-5,10,12H2,1H3. The van der Waals surface area contributed by atoms with Gasteiger partial charge in [-0.3, -0.25) is 9.78 Å². The molecule has 0 N–H and O–H groups in total. The van der Waals surface area contributed by atoms with Gasteiger partial charge < -0.3 is 9.47 Å². The quantitative estimate of drug-likeness (QED) is 0.481. The van der Waals surface area contributed by atoms with Crippen LogP contribution in [0.4, 0.5) is 0 Å². The number of para-hydroxylation sites is 1. The number of hydrogen-bond acceptors (Lipinski definition) is 4. The van der Waals surface area contributed by atoms with Crippen molar-refractivity contribution in [2.24, 2.45) is 7.05 Å². The number of pyridine rings is 1. The second-order valence-electron chi connectivity index (χ2n) is 7.48. The van der Waals surface area contributed by atoms with Gasteiger partial charge in [-0.25, -0.2) is 4.98 Å². The molecule has 3 aromatic heterocycles. The van der Waals surface area contributed by atoms with Crippen LogP contribution in [0.1, 0.15) is 41.4 Å². The van der Waals surface area contributed by atoms with Crippen molar-refractivity contribution in [1.82, 2.24) is 19.4 Å². The summed E-state index contributed by atoms with van der Waals surface area (Å²) >= 11 is 1.53. The Labute approximate surface area is 173 Å². The van der Waals surface area contributed by atoms with Crippen LogP contribution in [0.3, 0.4) is 0 Å². The fourth-order valence-corrected chi connectivity index (χ4v) is 5.07. The summed E-state index contributed by atoms with van der Waals surface area (Å²) in [7, 11) is 2.05. The lowest BCUT2D eigenvalue weighted by Gasteiger charge is -2.35. The number of thiazole rings is 1. The van der Waals surface area contributed by atoms with Crippen LogP contribution in [0, 0.1) is 0 Å². The molecule has 5 rings (SSSR count). The summed E-state index contributed by atoms with van der Waals surface area (Å²) in [4.78, 5) is 24.3. The van der Waals surface area contributed by atoms with Crippen molar-refractivity contribution in [2.45, 2.75) is 25.3 Å². The number of carbonyl (C=O) groups is 1. The minimum Gasteiger partial charge on any atom is -0.342 e. The van der Waals surface area contributed by atoms with Gasteiger partial charge in [0.25, 0.3) is 5.91 Å². The van der Waals surface area contributed by atoms with Gasteiger partial charge in [-0.15, -0.1) is 11.3 Å². The molecule has 1 aromatic carbocycles. The molecule has 1 saturated heterocycles. The van der Waals surface area contributed by atoms with Gasteiger partial charge in [0, 0.05) is 42.3 Å². The summed E-state index contributed by atoms with van der Waals surface area (Å²) in [5, 5.41) is 3.95. The Balaban J connectivity index is 1.46. The lowest BCUT2D eigenvalue weighted by molar-refractivity contribution is 0.0606. The van der Waals surface area contributed by atoms with E-state index in [1.165, 1.54) is 22.2 Å². The van der Waals surface area contributed by atoms with Crippen molar-refractivity contribution in [3.8, 4) is 10.7 Å². The SMILES string of the molecule is Cn1c(-c2nc(C(=O)N3CCCCC3c3cccnc3)cs2)cc2ccccc21. The maximum Gasteiger partial charge on any atom is 0.273 e. The number of rotatable bonds is 3. The molecule has 0 bridgehead atoms. The fourth-order valence-electron chi connectivity index (χ4n) is 4.23. The van der Waals surface area contributed by atoms with Gasteiger partial charge in [-0.2, -0.15) is 0 Å². The van der Waals surface area contributed by atoms with Crippen LogP contribution < -0.4 is 0 Å². The summed E-state index contributed by atoms with van der Waals surface area (Å²) in [5.74, 6) is 0.0137. The summed E-state index contributed by atoms with van der Waals surface area (Å²) in [6, 6.07) is 14.5. The second kappa shape index (κ2) is 7.44. The molecule has 146 valence electrons. The van der Waals surface area contributed by atoms with Crippen LogP contribution >= 0.6 is 11.3 Å². The highest BCUT2D eigenvalue weighted by Gasteiger charge is 2.30. The third-order valence-electron chi connectivity index (χ3n) is 5.73. The molecule has 1 aliphatic heterocycles. The molecule has 0 spiro atoms. The first-order valence-electron chi connectivity index (χ1n) is 9.93. The molecule has 1 unspecified atom stereocenters. The van der Waals surface area contributed by atoms with E-state index in [0.29, 0.717) is 5.69 Å². The molecule has 1 amide bonds. The number of nitrogens with zero attached hydrogens (tertiary/aromatic N) is 4. The topological polar surface area (TPSA) is 51.0 Å². The van der Waals surface area contributed by atoms with E-state index >= 15 is 0 Å². The zero-order valence-electron chi connectivity index (χ0n) is 16.3. The molecule has 4 heterocycles. The van der Waals surface area contributed by atoms with Crippen LogP contribution in [0.5, 0.6) is 0 Å². The average Bonchev–Trinajstić information content (AvgIpc) is 3.39. The van der Waals surface area contributed by atoms with Crippen molar-refractivity contribution in [3.63, 3.8) is 0 Å². The summed E-state index contributed by atoms with van der Waals surface area (Å²) < 4.78 is 2.14. The Morgan fingerprint density at radius 3 is 2.90 bits per heavy atom. The van der Waals surface area contributed by atoms with Crippen LogP contribution in [0.2, 0.25) is 0 Å². The normalized spacial score (nSPS) is 17.0. The van der Waals surface area contributed by atoms with Gasteiger partial charge in [-0.1, -0.05) is 24.3 Å². The van der Waals surface area contributed by atoms with E-state index in [2.05, 4.69) is 33.8 Å². The summed E-state index contributed by atoms with van der Waals surface area (Å²) in [5.41, 5.74) is 3.84. The largest absolute Gasteiger partial charge is 0.342 e. The van der Waals surface area contributed by atoms with Crippen molar-refractivity contribution in [2.75, 3.05) is 6.54 Å². The highest BCUT2D eigenvalue weighted by molar-refractivity contribution is 7.13. The highest BCUT2D eigenvalue weighted by Crippen LogP contribution is 2.33. The lowest BCUT2D eigenvalue weighted by atomic mass is 9.96. The smallest absolute Gasteiger partial charge is 0.273 e. The predicted molar refractivity (Wildman–Crippen MR) is 116 cm³/mol. The van der Waals surface area contributed by atoms with Crippen LogP contribution in [-0.2, 0) is 7.05 Å². The molecule has 0 aliphatic carbocycles.